The zero-order valence-corrected chi connectivity index (χ0v) is 9.79. The monoisotopic (exact) mass is 283 g/mol. The Balaban J connectivity index is 0. The van der Waals surface area contributed by atoms with E-state index in [1.54, 1.807) is 0 Å². The van der Waals surface area contributed by atoms with Gasteiger partial charge in [0, 0.05) is 41.2 Å². The van der Waals surface area contributed by atoms with Crippen molar-refractivity contribution in [2.75, 3.05) is 7.11 Å². The van der Waals surface area contributed by atoms with Crippen LogP contribution in [0.4, 0.5) is 0 Å². The standard InChI is InChI=1S/C6H8O4.La/c1-4(3-5(7)8)6(9)10-2;/h1,3H2,2H3,(H,7,8);. The maximum atomic E-state index is 10.5. The van der Waals surface area contributed by atoms with Crippen molar-refractivity contribution in [3.05, 3.63) is 12.2 Å². The van der Waals surface area contributed by atoms with Crippen molar-refractivity contribution in [3.8, 4) is 0 Å². The quantitative estimate of drug-likeness (QED) is 0.593. The summed E-state index contributed by atoms with van der Waals surface area (Å²) in [4.78, 5) is 20.4. The summed E-state index contributed by atoms with van der Waals surface area (Å²) in [6, 6.07) is 0. The fourth-order valence-corrected chi connectivity index (χ4v) is 0.399. The van der Waals surface area contributed by atoms with Gasteiger partial charge in [-0.25, -0.2) is 4.79 Å². The van der Waals surface area contributed by atoms with Gasteiger partial charge in [0.05, 0.1) is 13.5 Å². The Morgan fingerprint density at radius 3 is 2.27 bits per heavy atom. The molecule has 0 aromatic carbocycles. The van der Waals surface area contributed by atoms with Gasteiger partial charge in [-0.05, 0) is 0 Å². The van der Waals surface area contributed by atoms with Crippen molar-refractivity contribution in [2.45, 2.75) is 6.42 Å². The molecule has 0 amide bonds. The molecule has 5 heteroatoms. The predicted molar refractivity (Wildman–Crippen MR) is 33.4 cm³/mol. The van der Waals surface area contributed by atoms with Crippen molar-refractivity contribution in [1.29, 1.82) is 0 Å². The Labute approximate surface area is 92.2 Å². The van der Waals surface area contributed by atoms with Crippen LogP contribution >= 0.6 is 0 Å². The molecule has 59 valence electrons. The minimum absolute atomic E-state index is 0. The summed E-state index contributed by atoms with van der Waals surface area (Å²) in [6.45, 7) is 3.21. The second-order valence-electron chi connectivity index (χ2n) is 1.67. The number of ether oxygens (including phenoxy) is 1. The zero-order valence-electron chi connectivity index (χ0n) is 6.16. The van der Waals surface area contributed by atoms with Crippen LogP contribution in [0.3, 0.4) is 0 Å². The topological polar surface area (TPSA) is 63.6 Å². The number of carbonyl (C=O) groups is 2. The molecule has 0 atom stereocenters. The van der Waals surface area contributed by atoms with E-state index in [4.69, 9.17) is 5.11 Å². The van der Waals surface area contributed by atoms with Crippen molar-refractivity contribution in [2.24, 2.45) is 0 Å². The van der Waals surface area contributed by atoms with Gasteiger partial charge >= 0.3 is 11.9 Å². The van der Waals surface area contributed by atoms with E-state index < -0.39 is 11.9 Å². The number of rotatable bonds is 3. The molecule has 0 aliphatic heterocycles. The van der Waals surface area contributed by atoms with Gasteiger partial charge in [0.2, 0.25) is 0 Å². The van der Waals surface area contributed by atoms with Gasteiger partial charge < -0.3 is 9.84 Å². The second-order valence-corrected chi connectivity index (χ2v) is 1.67. The van der Waals surface area contributed by atoms with E-state index in [0.29, 0.717) is 0 Å². The third-order valence-electron chi connectivity index (χ3n) is 0.839. The first-order chi connectivity index (χ1) is 4.57. The average molecular weight is 283 g/mol. The van der Waals surface area contributed by atoms with Crippen molar-refractivity contribution >= 4 is 11.9 Å². The largest absolute Gasteiger partial charge is 0.481 e. The van der Waals surface area contributed by atoms with Crippen LogP contribution in [0.5, 0.6) is 0 Å². The van der Waals surface area contributed by atoms with Crippen LogP contribution in [0.15, 0.2) is 12.2 Å². The van der Waals surface area contributed by atoms with Gasteiger partial charge in [-0.15, -0.1) is 0 Å². The van der Waals surface area contributed by atoms with Gasteiger partial charge in [-0.1, -0.05) is 6.58 Å². The van der Waals surface area contributed by atoms with E-state index >= 15 is 0 Å². The van der Waals surface area contributed by atoms with E-state index in [9.17, 15) is 9.59 Å². The third-order valence-corrected chi connectivity index (χ3v) is 0.839. The fraction of sp³-hybridized carbons (Fsp3) is 0.333. The summed E-state index contributed by atoms with van der Waals surface area (Å²) in [7, 11) is 1.18. The van der Waals surface area contributed by atoms with Gasteiger partial charge in [-0.2, -0.15) is 0 Å². The van der Waals surface area contributed by atoms with Crippen molar-refractivity contribution < 1.29 is 55.0 Å². The molecule has 0 rings (SSSR count). The summed E-state index contributed by atoms with van der Waals surface area (Å²) in [5, 5.41) is 8.16. The first-order valence-electron chi connectivity index (χ1n) is 2.55. The van der Waals surface area contributed by atoms with Crippen LogP contribution in [0.25, 0.3) is 0 Å². The Kier molecular flexibility index (Phi) is 8.05. The van der Waals surface area contributed by atoms with Crippen molar-refractivity contribution in [1.82, 2.24) is 0 Å². The third kappa shape index (κ3) is 6.28. The number of carbonyl (C=O) groups excluding carboxylic acids is 1. The Morgan fingerprint density at radius 2 is 2.00 bits per heavy atom. The summed E-state index contributed by atoms with van der Waals surface area (Å²) < 4.78 is 4.21. The van der Waals surface area contributed by atoms with Gasteiger partial charge in [0.15, 0.2) is 0 Å². The first kappa shape index (κ1) is 13.5. The number of aliphatic carboxylic acids is 1. The molecule has 1 N–H and O–H groups in total. The summed E-state index contributed by atoms with van der Waals surface area (Å²) in [5.74, 6) is -1.77. The zero-order chi connectivity index (χ0) is 8.15. The Morgan fingerprint density at radius 1 is 1.55 bits per heavy atom. The number of methoxy groups -OCH3 is 1. The van der Waals surface area contributed by atoms with E-state index in [-0.39, 0.29) is 47.6 Å². The SMILES string of the molecule is C=C(CC(=O)O)C(=O)OC.[La]. The summed E-state index contributed by atoms with van der Waals surface area (Å²) in [5.41, 5.74) is -0.0463. The minimum Gasteiger partial charge on any atom is -0.481 e. The minimum atomic E-state index is -1.09. The van der Waals surface area contributed by atoms with Crippen molar-refractivity contribution in [3.63, 3.8) is 0 Å². The van der Waals surface area contributed by atoms with E-state index in [2.05, 4.69) is 11.3 Å². The average Bonchev–Trinajstić information content (AvgIpc) is 1.85. The molecule has 0 bridgehead atoms. The smallest absolute Gasteiger partial charge is 0.333 e. The molecule has 0 fully saturated rings. The molecule has 0 aromatic rings. The second kappa shape index (κ2) is 6.58. The van der Waals surface area contributed by atoms with Crippen LogP contribution in [0.1, 0.15) is 6.42 Å². The molecule has 11 heavy (non-hydrogen) atoms. The molecule has 0 aromatic heterocycles. The van der Waals surface area contributed by atoms with Crippen LogP contribution in [-0.2, 0) is 14.3 Å². The van der Waals surface area contributed by atoms with E-state index in [0.717, 1.165) is 0 Å². The Hall–Kier alpha value is -0.125. The first-order valence-corrected chi connectivity index (χ1v) is 2.55. The van der Waals surface area contributed by atoms with Crippen LogP contribution in [-0.4, -0.2) is 24.2 Å². The predicted octanol–water partition coefficient (Wildman–Crippen LogP) is 0.190. The molecule has 0 heterocycles. The maximum absolute atomic E-state index is 10.5. The normalized spacial score (nSPS) is 7.73. The molecule has 0 aliphatic rings. The molecule has 0 saturated carbocycles. The molecule has 4 nitrogen and oxygen atoms in total. The van der Waals surface area contributed by atoms with Gasteiger partial charge in [0.25, 0.3) is 0 Å². The molecule has 0 spiro atoms. The van der Waals surface area contributed by atoms with E-state index in [1.807, 2.05) is 0 Å². The fourth-order valence-electron chi connectivity index (χ4n) is 0.399. The maximum Gasteiger partial charge on any atom is 0.333 e. The number of carboxylic acid groups (broad SMARTS) is 1. The van der Waals surface area contributed by atoms with E-state index in [1.165, 1.54) is 7.11 Å². The Bertz CT molecular complexity index is 175. The van der Waals surface area contributed by atoms with Gasteiger partial charge in [0.1, 0.15) is 0 Å². The van der Waals surface area contributed by atoms with Crippen LogP contribution in [0, 0.1) is 35.6 Å². The number of hydrogen-bond acceptors (Lipinski definition) is 3. The molecule has 0 aliphatic carbocycles. The molecule has 0 unspecified atom stereocenters. The van der Waals surface area contributed by atoms with Gasteiger partial charge in [-0.3, -0.25) is 4.79 Å². The number of hydrogen-bond donors (Lipinski definition) is 1. The summed E-state index contributed by atoms with van der Waals surface area (Å²) >= 11 is 0. The van der Waals surface area contributed by atoms with Crippen LogP contribution < -0.4 is 0 Å². The summed E-state index contributed by atoms with van der Waals surface area (Å²) in [6.07, 6.45) is -0.368. The van der Waals surface area contributed by atoms with Crippen LogP contribution in [0.2, 0.25) is 0 Å². The number of esters is 1. The molecule has 1 radical (unpaired) electrons. The molecule has 0 saturated heterocycles. The number of carboxylic acids is 1. The molecular formula is C6H8LaO4. The molecular weight excluding hydrogens is 275 g/mol.